The van der Waals surface area contributed by atoms with Gasteiger partial charge in [-0.05, 0) is 28.1 Å². The molecule has 0 aliphatic heterocycles. The van der Waals surface area contributed by atoms with Crippen LogP contribution in [-0.2, 0) is 0 Å². The minimum Gasteiger partial charge on any atom is -0.429 e. The molecule has 0 fully saturated rings. The zero-order valence-electron chi connectivity index (χ0n) is 6.91. The molecule has 0 unspecified atom stereocenters. The van der Waals surface area contributed by atoms with Crippen molar-refractivity contribution in [1.29, 1.82) is 0 Å². The Morgan fingerprint density at radius 3 is 2.79 bits per heavy atom. The van der Waals surface area contributed by atoms with E-state index in [0.29, 0.717) is 16.0 Å². The number of benzene rings is 1. The molecule has 0 radical (unpaired) electrons. The van der Waals surface area contributed by atoms with E-state index >= 15 is 0 Å². The van der Waals surface area contributed by atoms with Crippen LogP contribution in [0, 0.1) is 0 Å². The molecule has 2 aromatic rings. The molecule has 0 spiro atoms. The first-order chi connectivity index (χ1) is 6.75. The van der Waals surface area contributed by atoms with Gasteiger partial charge in [-0.3, -0.25) is 0 Å². The molecule has 1 aromatic heterocycles. The number of thiazole rings is 1. The highest BCUT2D eigenvalue weighted by Crippen LogP contribution is 2.31. The molecular weight excluding hydrogens is 286 g/mol. The van der Waals surface area contributed by atoms with Crippen molar-refractivity contribution < 1.29 is 4.74 Å². The van der Waals surface area contributed by atoms with Gasteiger partial charge in [0.05, 0.1) is 5.02 Å². The van der Waals surface area contributed by atoms with Crippen molar-refractivity contribution in [1.82, 2.24) is 4.98 Å². The number of halogens is 2. The second-order valence-corrected chi connectivity index (χ2v) is 4.51. The fourth-order valence-corrected chi connectivity index (χ4v) is 2.18. The van der Waals surface area contributed by atoms with Gasteiger partial charge in [-0.2, -0.15) is 4.98 Å². The van der Waals surface area contributed by atoms with Crippen molar-refractivity contribution >= 4 is 38.9 Å². The Kier molecular flexibility index (Phi) is 3.05. The topological polar surface area (TPSA) is 22.1 Å². The van der Waals surface area contributed by atoms with E-state index in [1.165, 1.54) is 11.3 Å². The van der Waals surface area contributed by atoms with Gasteiger partial charge in [0.2, 0.25) is 0 Å². The van der Waals surface area contributed by atoms with Crippen LogP contribution in [-0.4, -0.2) is 4.98 Å². The molecule has 2 rings (SSSR count). The highest BCUT2D eigenvalue weighted by Gasteiger charge is 2.04. The average Bonchev–Trinajstić information content (AvgIpc) is 2.56. The third-order valence-electron chi connectivity index (χ3n) is 1.49. The third kappa shape index (κ3) is 2.26. The third-order valence-corrected chi connectivity index (χ3v) is 3.23. The summed E-state index contributed by atoms with van der Waals surface area (Å²) in [5, 5.41) is 3.01. The summed E-state index contributed by atoms with van der Waals surface area (Å²) in [5.41, 5.74) is 0. The van der Waals surface area contributed by atoms with Crippen LogP contribution in [0.15, 0.2) is 34.2 Å². The van der Waals surface area contributed by atoms with Gasteiger partial charge in [0.25, 0.3) is 5.19 Å². The Balaban J connectivity index is 2.23. The summed E-state index contributed by atoms with van der Waals surface area (Å²) in [7, 11) is 0. The molecule has 0 atom stereocenters. The van der Waals surface area contributed by atoms with E-state index in [1.54, 1.807) is 12.1 Å². The quantitative estimate of drug-likeness (QED) is 0.820. The zero-order valence-corrected chi connectivity index (χ0v) is 10.1. The standard InChI is InChI=1S/C9H5BrClNOS/c10-8-5-14-9(12-8)13-7-4-2-1-3-6(7)11/h1-5H. The van der Waals surface area contributed by atoms with E-state index in [0.717, 1.165) is 4.60 Å². The molecule has 1 aromatic carbocycles. The Morgan fingerprint density at radius 2 is 2.14 bits per heavy atom. The van der Waals surface area contributed by atoms with Gasteiger partial charge in [-0.25, -0.2) is 0 Å². The van der Waals surface area contributed by atoms with Crippen LogP contribution in [0.2, 0.25) is 5.02 Å². The molecule has 0 amide bonds. The van der Waals surface area contributed by atoms with E-state index in [-0.39, 0.29) is 0 Å². The fourth-order valence-electron chi connectivity index (χ4n) is 0.907. The van der Waals surface area contributed by atoms with Gasteiger partial charge in [0, 0.05) is 5.38 Å². The van der Waals surface area contributed by atoms with Gasteiger partial charge in [-0.1, -0.05) is 35.1 Å². The highest BCUT2D eigenvalue weighted by molar-refractivity contribution is 9.10. The lowest BCUT2D eigenvalue weighted by Gasteiger charge is -2.02. The molecule has 0 saturated carbocycles. The number of nitrogens with zero attached hydrogens (tertiary/aromatic N) is 1. The largest absolute Gasteiger partial charge is 0.429 e. The Hall–Kier alpha value is -0.580. The first-order valence-electron chi connectivity index (χ1n) is 3.79. The van der Waals surface area contributed by atoms with Crippen LogP contribution in [0.4, 0.5) is 0 Å². The number of ether oxygens (including phenoxy) is 1. The maximum absolute atomic E-state index is 5.92. The smallest absolute Gasteiger partial charge is 0.279 e. The van der Waals surface area contributed by atoms with Gasteiger partial charge in [0.1, 0.15) is 10.4 Å². The van der Waals surface area contributed by atoms with E-state index in [2.05, 4.69) is 20.9 Å². The molecule has 14 heavy (non-hydrogen) atoms. The Bertz CT molecular complexity index is 446. The molecule has 0 bridgehead atoms. The van der Waals surface area contributed by atoms with Crippen molar-refractivity contribution in [3.63, 3.8) is 0 Å². The number of para-hydroxylation sites is 1. The summed E-state index contributed by atoms with van der Waals surface area (Å²) in [6.45, 7) is 0. The number of rotatable bonds is 2. The first-order valence-corrected chi connectivity index (χ1v) is 5.84. The lowest BCUT2D eigenvalue weighted by molar-refractivity contribution is 0.478. The zero-order chi connectivity index (χ0) is 9.97. The van der Waals surface area contributed by atoms with Crippen molar-refractivity contribution in [3.05, 3.63) is 39.3 Å². The van der Waals surface area contributed by atoms with E-state index in [4.69, 9.17) is 16.3 Å². The van der Waals surface area contributed by atoms with E-state index in [9.17, 15) is 0 Å². The molecule has 0 aliphatic carbocycles. The number of hydrogen-bond acceptors (Lipinski definition) is 3. The van der Waals surface area contributed by atoms with Crippen LogP contribution in [0.3, 0.4) is 0 Å². The van der Waals surface area contributed by atoms with Gasteiger partial charge in [0.15, 0.2) is 0 Å². The van der Waals surface area contributed by atoms with Crippen molar-refractivity contribution in [2.45, 2.75) is 0 Å². The van der Waals surface area contributed by atoms with Crippen LogP contribution < -0.4 is 4.74 Å². The summed E-state index contributed by atoms with van der Waals surface area (Å²) in [5.74, 6) is 0.621. The van der Waals surface area contributed by atoms with E-state index < -0.39 is 0 Å². The first kappa shape index (κ1) is 9.96. The molecule has 1 heterocycles. The van der Waals surface area contributed by atoms with Crippen molar-refractivity contribution in [3.8, 4) is 10.9 Å². The second-order valence-electron chi connectivity index (χ2n) is 2.47. The maximum atomic E-state index is 5.92. The summed E-state index contributed by atoms with van der Waals surface area (Å²) >= 11 is 10.6. The molecule has 0 aliphatic rings. The Labute approximate surface area is 98.6 Å². The summed E-state index contributed by atoms with van der Waals surface area (Å²) in [6.07, 6.45) is 0. The van der Waals surface area contributed by atoms with Crippen LogP contribution >= 0.6 is 38.9 Å². The molecule has 72 valence electrons. The number of aromatic nitrogens is 1. The fraction of sp³-hybridized carbons (Fsp3) is 0. The maximum Gasteiger partial charge on any atom is 0.279 e. The minimum absolute atomic E-state index is 0.574. The minimum atomic E-state index is 0.574. The molecule has 5 heteroatoms. The monoisotopic (exact) mass is 289 g/mol. The van der Waals surface area contributed by atoms with Crippen LogP contribution in [0.25, 0.3) is 0 Å². The summed E-state index contributed by atoms with van der Waals surface area (Å²) < 4.78 is 6.24. The molecule has 0 saturated heterocycles. The SMILES string of the molecule is Clc1ccccc1Oc1nc(Br)cs1. The van der Waals surface area contributed by atoms with Gasteiger partial charge < -0.3 is 4.74 Å². The lowest BCUT2D eigenvalue weighted by atomic mass is 10.3. The van der Waals surface area contributed by atoms with Crippen molar-refractivity contribution in [2.24, 2.45) is 0 Å². The van der Waals surface area contributed by atoms with Crippen LogP contribution in [0.5, 0.6) is 10.9 Å². The summed E-state index contributed by atoms with van der Waals surface area (Å²) in [4.78, 5) is 4.10. The van der Waals surface area contributed by atoms with Crippen molar-refractivity contribution in [2.75, 3.05) is 0 Å². The van der Waals surface area contributed by atoms with Crippen LogP contribution in [0.1, 0.15) is 0 Å². The Morgan fingerprint density at radius 1 is 1.36 bits per heavy atom. The molecular formula is C9H5BrClNOS. The normalized spacial score (nSPS) is 10.1. The van der Waals surface area contributed by atoms with Gasteiger partial charge >= 0.3 is 0 Å². The average molecular weight is 291 g/mol. The highest BCUT2D eigenvalue weighted by atomic mass is 79.9. The van der Waals surface area contributed by atoms with E-state index in [1.807, 2.05) is 17.5 Å². The second kappa shape index (κ2) is 4.29. The predicted molar refractivity (Wildman–Crippen MR) is 61.3 cm³/mol. The number of hydrogen-bond donors (Lipinski definition) is 0. The lowest BCUT2D eigenvalue weighted by Crippen LogP contribution is -1.83. The molecule has 2 nitrogen and oxygen atoms in total. The molecule has 0 N–H and O–H groups in total. The predicted octanol–water partition coefficient (Wildman–Crippen LogP) is 4.35. The summed E-state index contributed by atoms with van der Waals surface area (Å²) in [6, 6.07) is 7.30. The van der Waals surface area contributed by atoms with Gasteiger partial charge in [-0.15, -0.1) is 0 Å².